The minimum Gasteiger partial charge on any atom is -0.462 e. The average molecular weight is 354 g/mol. The van der Waals surface area contributed by atoms with Crippen molar-refractivity contribution in [2.45, 2.75) is 51.6 Å². The Kier molecular flexibility index (Phi) is 4.92. The van der Waals surface area contributed by atoms with Crippen LogP contribution in [0.1, 0.15) is 44.6 Å². The molecule has 1 aromatic carbocycles. The van der Waals surface area contributed by atoms with E-state index in [1.165, 1.54) is 24.0 Å². The van der Waals surface area contributed by atoms with Crippen molar-refractivity contribution in [3.63, 3.8) is 0 Å². The fourth-order valence-corrected chi connectivity index (χ4v) is 5.62. The Labute approximate surface area is 157 Å². The number of rotatable bonds is 5. The predicted octanol–water partition coefficient (Wildman–Crippen LogP) is 4.13. The lowest BCUT2D eigenvalue weighted by Gasteiger charge is -2.50. The van der Waals surface area contributed by atoms with Crippen molar-refractivity contribution in [1.82, 2.24) is 5.32 Å². The molecule has 3 heteroatoms. The van der Waals surface area contributed by atoms with E-state index >= 15 is 0 Å². The number of esters is 1. The van der Waals surface area contributed by atoms with Gasteiger partial charge in [0.05, 0.1) is 5.92 Å². The number of hydrogen-bond acceptors (Lipinski definition) is 3. The summed E-state index contributed by atoms with van der Waals surface area (Å²) in [6, 6.07) is 10.5. The standard InChI is InChI=1S/C23H31NO2/c1-16-7-6-11-23(2)14-21-18(13-20(16)23)19(22(25)26-21)15-24-12-10-17-8-4-3-5-9-17/h3-5,8-9,18-21,24H,1,6-7,10-15H2,2H3/t18-,19-,20+,21-,23-/m1/s1. The van der Waals surface area contributed by atoms with E-state index in [1.54, 1.807) is 0 Å². The molecule has 1 N–H and O–H groups in total. The van der Waals surface area contributed by atoms with E-state index in [-0.39, 0.29) is 23.4 Å². The first-order valence-electron chi connectivity index (χ1n) is 10.2. The van der Waals surface area contributed by atoms with Crippen LogP contribution in [-0.4, -0.2) is 25.2 Å². The lowest BCUT2D eigenvalue weighted by atomic mass is 9.55. The Morgan fingerprint density at radius 2 is 2.12 bits per heavy atom. The topological polar surface area (TPSA) is 38.3 Å². The SMILES string of the molecule is C=C1CCC[C@]2(C)C[C@H]3OC(=O)[C@H](CNCCc4ccccc4)[C@H]3C[C@@H]12. The van der Waals surface area contributed by atoms with Gasteiger partial charge < -0.3 is 10.1 Å². The molecular formula is C23H31NO2. The van der Waals surface area contributed by atoms with Crippen molar-refractivity contribution in [2.75, 3.05) is 13.1 Å². The quantitative estimate of drug-likeness (QED) is 0.491. The van der Waals surface area contributed by atoms with Crippen molar-refractivity contribution in [3.05, 3.63) is 48.0 Å². The van der Waals surface area contributed by atoms with E-state index < -0.39 is 0 Å². The van der Waals surface area contributed by atoms with Gasteiger partial charge >= 0.3 is 5.97 Å². The number of allylic oxidation sites excluding steroid dienone is 1. The summed E-state index contributed by atoms with van der Waals surface area (Å²) in [5, 5.41) is 3.51. The van der Waals surface area contributed by atoms with Gasteiger partial charge in [0.1, 0.15) is 6.10 Å². The molecule has 0 bridgehead atoms. The highest BCUT2D eigenvalue weighted by Gasteiger charge is 2.54. The fraction of sp³-hybridized carbons (Fsp3) is 0.609. The van der Waals surface area contributed by atoms with E-state index in [4.69, 9.17) is 4.74 Å². The van der Waals surface area contributed by atoms with Crippen LogP contribution in [0.4, 0.5) is 0 Å². The van der Waals surface area contributed by atoms with Crippen LogP contribution in [0.25, 0.3) is 0 Å². The molecule has 1 aliphatic heterocycles. The van der Waals surface area contributed by atoms with Crippen LogP contribution in [0.2, 0.25) is 0 Å². The number of ether oxygens (including phenoxy) is 1. The second-order valence-corrected chi connectivity index (χ2v) is 8.84. The van der Waals surface area contributed by atoms with Crippen LogP contribution in [0.5, 0.6) is 0 Å². The van der Waals surface area contributed by atoms with E-state index in [0.717, 1.165) is 38.8 Å². The van der Waals surface area contributed by atoms with Crippen molar-refractivity contribution in [3.8, 4) is 0 Å². The van der Waals surface area contributed by atoms with E-state index in [1.807, 2.05) is 6.07 Å². The van der Waals surface area contributed by atoms with Gasteiger partial charge in [-0.25, -0.2) is 0 Å². The van der Waals surface area contributed by atoms with Gasteiger partial charge in [0.2, 0.25) is 0 Å². The van der Waals surface area contributed by atoms with Gasteiger partial charge in [-0.15, -0.1) is 0 Å². The first-order chi connectivity index (χ1) is 12.6. The normalized spacial score (nSPS) is 36.3. The zero-order valence-electron chi connectivity index (χ0n) is 15.9. The zero-order chi connectivity index (χ0) is 18.1. The van der Waals surface area contributed by atoms with Gasteiger partial charge in [0, 0.05) is 12.5 Å². The molecule has 140 valence electrons. The summed E-state index contributed by atoms with van der Waals surface area (Å²) in [4.78, 5) is 12.5. The number of carbonyl (C=O) groups is 1. The summed E-state index contributed by atoms with van der Waals surface area (Å²) < 4.78 is 5.83. The molecule has 1 aromatic rings. The number of carbonyl (C=O) groups excluding carboxylic acids is 1. The summed E-state index contributed by atoms with van der Waals surface area (Å²) in [5.41, 5.74) is 3.03. The Bertz CT molecular complexity index is 670. The maximum Gasteiger partial charge on any atom is 0.310 e. The van der Waals surface area contributed by atoms with Crippen molar-refractivity contribution in [2.24, 2.45) is 23.2 Å². The minimum absolute atomic E-state index is 0.00931. The maximum absolute atomic E-state index is 12.5. The predicted molar refractivity (Wildman–Crippen MR) is 104 cm³/mol. The second kappa shape index (κ2) is 7.19. The summed E-state index contributed by atoms with van der Waals surface area (Å²) in [5.74, 6) is 0.952. The van der Waals surface area contributed by atoms with Crippen LogP contribution in [0, 0.1) is 23.2 Å². The maximum atomic E-state index is 12.5. The highest BCUT2D eigenvalue weighted by Crippen LogP contribution is 2.56. The molecule has 2 saturated carbocycles. The third-order valence-electron chi connectivity index (χ3n) is 7.12. The van der Waals surface area contributed by atoms with Gasteiger partial charge in [-0.3, -0.25) is 4.79 Å². The molecule has 5 atom stereocenters. The molecule has 1 heterocycles. The lowest BCUT2D eigenvalue weighted by Crippen LogP contribution is -2.45. The van der Waals surface area contributed by atoms with Crippen LogP contribution in [0.15, 0.2) is 42.5 Å². The Hall–Kier alpha value is -1.61. The molecule has 1 saturated heterocycles. The molecule has 3 fully saturated rings. The van der Waals surface area contributed by atoms with Crippen molar-refractivity contribution >= 4 is 5.97 Å². The van der Waals surface area contributed by atoms with Crippen LogP contribution < -0.4 is 5.32 Å². The van der Waals surface area contributed by atoms with Crippen LogP contribution in [-0.2, 0) is 16.0 Å². The molecule has 0 aromatic heterocycles. The largest absolute Gasteiger partial charge is 0.462 e. The van der Waals surface area contributed by atoms with Gasteiger partial charge in [0.15, 0.2) is 0 Å². The highest BCUT2D eigenvalue weighted by molar-refractivity contribution is 5.75. The van der Waals surface area contributed by atoms with E-state index in [9.17, 15) is 4.79 Å². The molecule has 0 unspecified atom stereocenters. The minimum atomic E-state index is 0.00931. The molecule has 0 amide bonds. The number of hydrogen-bond donors (Lipinski definition) is 1. The number of fused-ring (bicyclic) bond motifs is 2. The van der Waals surface area contributed by atoms with Crippen LogP contribution >= 0.6 is 0 Å². The van der Waals surface area contributed by atoms with Crippen molar-refractivity contribution in [1.29, 1.82) is 0 Å². The summed E-state index contributed by atoms with van der Waals surface area (Å²) in [6.07, 6.45) is 6.86. The molecule has 2 aliphatic carbocycles. The number of benzene rings is 1. The molecule has 26 heavy (non-hydrogen) atoms. The molecular weight excluding hydrogens is 322 g/mol. The van der Waals surface area contributed by atoms with Gasteiger partial charge in [0.25, 0.3) is 0 Å². The van der Waals surface area contributed by atoms with Gasteiger partial charge in [-0.1, -0.05) is 49.4 Å². The molecule has 3 aliphatic rings. The fourth-order valence-electron chi connectivity index (χ4n) is 5.62. The first-order valence-corrected chi connectivity index (χ1v) is 10.2. The Morgan fingerprint density at radius 3 is 2.92 bits per heavy atom. The summed E-state index contributed by atoms with van der Waals surface area (Å²) >= 11 is 0. The molecule has 3 nitrogen and oxygen atoms in total. The van der Waals surface area contributed by atoms with Crippen molar-refractivity contribution < 1.29 is 9.53 Å². The third kappa shape index (κ3) is 3.34. The van der Waals surface area contributed by atoms with Gasteiger partial charge in [-0.2, -0.15) is 0 Å². The van der Waals surface area contributed by atoms with E-state index in [0.29, 0.717) is 11.8 Å². The highest BCUT2D eigenvalue weighted by atomic mass is 16.6. The third-order valence-corrected chi connectivity index (χ3v) is 7.12. The van der Waals surface area contributed by atoms with E-state index in [2.05, 4.69) is 43.1 Å². The average Bonchev–Trinajstić information content (AvgIpc) is 2.92. The Balaban J connectivity index is 1.36. The molecule has 0 radical (unpaired) electrons. The molecule has 4 rings (SSSR count). The first kappa shape index (κ1) is 17.8. The van der Waals surface area contributed by atoms with Crippen LogP contribution in [0.3, 0.4) is 0 Å². The molecule has 0 spiro atoms. The lowest BCUT2D eigenvalue weighted by molar-refractivity contribution is -0.146. The Morgan fingerprint density at radius 1 is 1.31 bits per heavy atom. The smallest absolute Gasteiger partial charge is 0.310 e. The number of nitrogens with one attached hydrogen (secondary N) is 1. The van der Waals surface area contributed by atoms with Gasteiger partial charge in [-0.05, 0) is 62.0 Å². The summed E-state index contributed by atoms with van der Waals surface area (Å²) in [7, 11) is 0. The zero-order valence-corrected chi connectivity index (χ0v) is 15.9. The monoisotopic (exact) mass is 353 g/mol. The second-order valence-electron chi connectivity index (χ2n) is 8.84. The summed E-state index contributed by atoms with van der Waals surface area (Å²) in [6.45, 7) is 8.40.